The minimum atomic E-state index is -4.59. The third-order valence-electron chi connectivity index (χ3n) is 6.61. The number of H-pyrrole nitrogens is 1. The zero-order chi connectivity index (χ0) is 25.0. The first-order valence-electron chi connectivity index (χ1n) is 11.1. The van der Waals surface area contributed by atoms with Crippen molar-refractivity contribution in [2.75, 3.05) is 6.54 Å². The number of carbonyl (C=O) groups is 1. The highest BCUT2D eigenvalue weighted by Crippen LogP contribution is 2.54. The highest BCUT2D eigenvalue weighted by atomic mass is 79.9. The van der Waals surface area contributed by atoms with Crippen molar-refractivity contribution in [1.29, 1.82) is 0 Å². The van der Waals surface area contributed by atoms with Gasteiger partial charge in [-0.2, -0.15) is 13.2 Å². The normalized spacial score (nSPS) is 18.0. The third kappa shape index (κ3) is 4.56. The molecule has 11 heteroatoms. The molecule has 3 aromatic rings. The van der Waals surface area contributed by atoms with Crippen molar-refractivity contribution in [3.05, 3.63) is 83.6 Å². The molecular weight excluding hydrogens is 547 g/mol. The first kappa shape index (κ1) is 24.2. The summed E-state index contributed by atoms with van der Waals surface area (Å²) in [5.41, 5.74) is -0.752. The van der Waals surface area contributed by atoms with Crippen LogP contribution in [0.3, 0.4) is 0 Å². The summed E-state index contributed by atoms with van der Waals surface area (Å²) in [5.74, 6) is -0.123. The maximum atomic E-state index is 13.1. The number of hydrogen-bond acceptors (Lipinski definition) is 5. The number of rotatable bonds is 4. The minimum Gasteiger partial charge on any atom is -0.378 e. The second-order valence-electron chi connectivity index (χ2n) is 8.94. The van der Waals surface area contributed by atoms with E-state index < -0.39 is 23.8 Å². The van der Waals surface area contributed by atoms with E-state index in [1.54, 1.807) is 11.3 Å². The average molecular weight is 568 g/mol. The summed E-state index contributed by atoms with van der Waals surface area (Å²) in [6.45, 7) is 0.188. The Hall–Kier alpha value is -2.50. The monoisotopic (exact) mass is 567 g/mol. The van der Waals surface area contributed by atoms with Crippen molar-refractivity contribution < 1.29 is 23.1 Å². The first-order valence-corrected chi connectivity index (χ1v) is 12.8. The molecule has 5 rings (SSSR count). The van der Waals surface area contributed by atoms with E-state index in [2.05, 4.69) is 20.9 Å². The van der Waals surface area contributed by atoms with E-state index in [-0.39, 0.29) is 29.6 Å². The number of carbonyl (C=O) groups excluding carboxylic acids is 1. The number of benzene rings is 1. The van der Waals surface area contributed by atoms with Crippen LogP contribution in [0.15, 0.2) is 45.0 Å². The van der Waals surface area contributed by atoms with Crippen LogP contribution in [0.4, 0.5) is 13.2 Å². The van der Waals surface area contributed by atoms with Gasteiger partial charge in [-0.15, -0.1) is 11.3 Å². The van der Waals surface area contributed by atoms with E-state index in [1.165, 1.54) is 11.0 Å². The molecule has 1 atom stereocenters. The lowest BCUT2D eigenvalue weighted by Crippen LogP contribution is -2.36. The second-order valence-corrected chi connectivity index (χ2v) is 10.8. The maximum Gasteiger partial charge on any atom is 0.416 e. The predicted molar refractivity (Wildman–Crippen MR) is 127 cm³/mol. The van der Waals surface area contributed by atoms with Crippen LogP contribution in [0.25, 0.3) is 0 Å². The number of amides is 1. The van der Waals surface area contributed by atoms with Crippen LogP contribution in [0, 0.1) is 0 Å². The van der Waals surface area contributed by atoms with E-state index in [4.69, 9.17) is 4.98 Å². The number of halogens is 4. The summed E-state index contributed by atoms with van der Waals surface area (Å²) in [6.07, 6.45) is -3.58. The van der Waals surface area contributed by atoms with Crippen molar-refractivity contribution >= 4 is 33.2 Å². The number of thiophene rings is 1. The number of aliphatic hydroxyl groups excluding tert-OH is 1. The molecule has 3 heterocycles. The molecule has 1 fully saturated rings. The first-order chi connectivity index (χ1) is 16.6. The fourth-order valence-corrected chi connectivity index (χ4v) is 6.22. The van der Waals surface area contributed by atoms with Crippen LogP contribution in [0.1, 0.15) is 58.5 Å². The number of nitrogens with one attached hydrogen (secondary N) is 1. The minimum absolute atomic E-state index is 0.0651. The Balaban J connectivity index is 1.40. The number of aromatic nitrogens is 2. The number of aromatic amines is 1. The molecule has 0 saturated heterocycles. The lowest BCUT2D eigenvalue weighted by atomic mass is 10.0. The molecule has 1 amide bonds. The molecule has 1 saturated carbocycles. The number of aryl methyl sites for hydroxylation is 1. The van der Waals surface area contributed by atoms with Crippen LogP contribution in [0.5, 0.6) is 0 Å². The summed E-state index contributed by atoms with van der Waals surface area (Å²) < 4.78 is 40.2. The highest BCUT2D eigenvalue weighted by molar-refractivity contribution is 9.10. The fourth-order valence-electron chi connectivity index (χ4n) is 4.53. The van der Waals surface area contributed by atoms with Crippen LogP contribution in [-0.4, -0.2) is 32.4 Å². The Morgan fingerprint density at radius 2 is 2.06 bits per heavy atom. The van der Waals surface area contributed by atoms with E-state index in [9.17, 15) is 27.9 Å². The topological polar surface area (TPSA) is 86.3 Å². The smallest absolute Gasteiger partial charge is 0.378 e. The molecule has 1 aliphatic carbocycles. The van der Waals surface area contributed by atoms with Gasteiger partial charge in [0.15, 0.2) is 6.10 Å². The van der Waals surface area contributed by atoms with Gasteiger partial charge in [0.25, 0.3) is 11.5 Å². The molecule has 0 bridgehead atoms. The van der Waals surface area contributed by atoms with Gasteiger partial charge >= 0.3 is 6.18 Å². The molecule has 2 N–H and O–H groups in total. The van der Waals surface area contributed by atoms with Crippen LogP contribution >= 0.6 is 27.3 Å². The van der Waals surface area contributed by atoms with E-state index in [0.29, 0.717) is 29.9 Å². The fraction of sp³-hybridized carbons (Fsp3) is 0.375. The summed E-state index contributed by atoms with van der Waals surface area (Å²) >= 11 is 5.09. The van der Waals surface area contributed by atoms with E-state index >= 15 is 0 Å². The van der Waals surface area contributed by atoms with Crippen LogP contribution < -0.4 is 5.56 Å². The Bertz CT molecular complexity index is 1350. The van der Waals surface area contributed by atoms with E-state index in [1.807, 2.05) is 11.4 Å². The molecule has 2 aliphatic rings. The molecule has 6 nitrogen and oxygen atoms in total. The van der Waals surface area contributed by atoms with Crippen LogP contribution in [-0.2, 0) is 29.4 Å². The summed E-state index contributed by atoms with van der Waals surface area (Å²) in [4.78, 5) is 36.3. The second kappa shape index (κ2) is 8.86. The highest BCUT2D eigenvalue weighted by Gasteiger charge is 2.50. The Morgan fingerprint density at radius 1 is 1.29 bits per heavy atom. The van der Waals surface area contributed by atoms with Crippen LogP contribution in [0.2, 0.25) is 0 Å². The van der Waals surface area contributed by atoms with Gasteiger partial charge in [0.05, 0.1) is 28.8 Å². The number of hydrogen-bond donors (Lipinski definition) is 2. The predicted octanol–water partition coefficient (Wildman–Crippen LogP) is 4.70. The lowest BCUT2D eigenvalue weighted by molar-refractivity contribution is -0.142. The summed E-state index contributed by atoms with van der Waals surface area (Å²) in [6, 6.07) is 6.13. The van der Waals surface area contributed by atoms with Gasteiger partial charge in [-0.25, -0.2) is 4.98 Å². The summed E-state index contributed by atoms with van der Waals surface area (Å²) in [5, 5.41) is 12.6. The SMILES string of the molecule is O=C([C@H](O)c1cccc(C(F)(F)F)c1)N1CCCc2nc(C3(c4cc(Br)cs4)CC3)[nH]c(=O)c2C1. The van der Waals surface area contributed by atoms with Gasteiger partial charge < -0.3 is 15.0 Å². The van der Waals surface area contributed by atoms with Gasteiger partial charge in [-0.1, -0.05) is 12.1 Å². The number of alkyl halides is 3. The lowest BCUT2D eigenvalue weighted by Gasteiger charge is -2.24. The molecular formula is C24H21BrF3N3O3S. The van der Waals surface area contributed by atoms with Crippen molar-refractivity contribution in [3.8, 4) is 0 Å². The van der Waals surface area contributed by atoms with Gasteiger partial charge in [-0.3, -0.25) is 9.59 Å². The maximum absolute atomic E-state index is 13.1. The largest absolute Gasteiger partial charge is 0.416 e. The summed E-state index contributed by atoms with van der Waals surface area (Å²) in [7, 11) is 0. The van der Waals surface area contributed by atoms with Crippen molar-refractivity contribution in [2.45, 2.75) is 49.9 Å². The molecule has 1 aliphatic heterocycles. The van der Waals surface area contributed by atoms with Crippen molar-refractivity contribution in [3.63, 3.8) is 0 Å². The van der Waals surface area contributed by atoms with Gasteiger partial charge in [0, 0.05) is 21.3 Å². The van der Waals surface area contributed by atoms with Crippen molar-refractivity contribution in [1.82, 2.24) is 14.9 Å². The van der Waals surface area contributed by atoms with E-state index in [0.717, 1.165) is 40.4 Å². The zero-order valence-corrected chi connectivity index (χ0v) is 20.8. The van der Waals surface area contributed by atoms with Gasteiger partial charge in [-0.05, 0) is 65.4 Å². The number of aliphatic hydroxyl groups is 1. The molecule has 0 unspecified atom stereocenters. The molecule has 0 radical (unpaired) electrons. The number of nitrogens with zero attached hydrogens (tertiary/aromatic N) is 2. The molecule has 2 aromatic heterocycles. The van der Waals surface area contributed by atoms with Gasteiger partial charge in [0.1, 0.15) is 5.82 Å². The molecule has 184 valence electrons. The molecule has 1 aromatic carbocycles. The number of fused-ring (bicyclic) bond motifs is 1. The quantitative estimate of drug-likeness (QED) is 0.478. The Kier molecular flexibility index (Phi) is 6.13. The molecule has 35 heavy (non-hydrogen) atoms. The third-order valence-corrected chi connectivity index (χ3v) is 8.50. The Morgan fingerprint density at radius 3 is 2.71 bits per heavy atom. The average Bonchev–Trinajstić information content (AvgIpc) is 3.56. The zero-order valence-electron chi connectivity index (χ0n) is 18.4. The van der Waals surface area contributed by atoms with Gasteiger partial charge in [0.2, 0.25) is 0 Å². The van der Waals surface area contributed by atoms with Crippen molar-refractivity contribution in [2.24, 2.45) is 0 Å². The Labute approximate surface area is 211 Å². The molecule has 0 spiro atoms. The standard InChI is InChI=1S/C24H21BrF3N3O3S/c25-15-10-18(35-12-15)23(6-7-23)22-29-17-5-2-8-31(11-16(17)20(33)30-22)21(34)19(32)13-3-1-4-14(9-13)24(26,27)28/h1,3-4,9-10,12,19,32H,2,5-8,11H2,(H,29,30,33)/t19-/m1/s1.